The summed E-state index contributed by atoms with van der Waals surface area (Å²) in [6.07, 6.45) is 0.335. The minimum Gasteiger partial charge on any atom is -0.351 e. The molecule has 0 aliphatic carbocycles. The zero-order chi connectivity index (χ0) is 11.3. The van der Waals surface area contributed by atoms with Gasteiger partial charge in [0.1, 0.15) is 0 Å². The lowest BCUT2D eigenvalue weighted by molar-refractivity contribution is 0.0954. The lowest BCUT2D eigenvalue weighted by Gasteiger charge is -2.04. The van der Waals surface area contributed by atoms with Crippen molar-refractivity contribution < 1.29 is 4.79 Å². The molecule has 0 aromatic heterocycles. The molecule has 0 radical (unpaired) electrons. The van der Waals surface area contributed by atoms with Gasteiger partial charge in [-0.15, -0.1) is 0 Å². The summed E-state index contributed by atoms with van der Waals surface area (Å²) in [7, 11) is 0. The second kappa shape index (κ2) is 5.52. The summed E-state index contributed by atoms with van der Waals surface area (Å²) in [4.78, 5) is 11.5. The normalized spacial score (nSPS) is 9.40. The summed E-state index contributed by atoms with van der Waals surface area (Å²) in [5.74, 6) is -0.138. The maximum absolute atomic E-state index is 11.5. The fourth-order valence-electron chi connectivity index (χ4n) is 1.12. The van der Waals surface area contributed by atoms with Gasteiger partial charge in [0.25, 0.3) is 5.91 Å². The van der Waals surface area contributed by atoms with Crippen LogP contribution in [0, 0.1) is 18.3 Å². The predicted molar refractivity (Wildman–Crippen MR) is 61.4 cm³/mol. The van der Waals surface area contributed by atoms with Gasteiger partial charge in [0.2, 0.25) is 0 Å². The van der Waals surface area contributed by atoms with Crippen LogP contribution in [0.25, 0.3) is 0 Å². The minimum absolute atomic E-state index is 0.138. The Hall–Kier alpha value is -1.34. The van der Waals surface area contributed by atoms with E-state index in [2.05, 4.69) is 21.2 Å². The van der Waals surface area contributed by atoms with Crippen LogP contribution >= 0.6 is 15.9 Å². The van der Waals surface area contributed by atoms with Gasteiger partial charge in [-0.1, -0.05) is 15.9 Å². The lowest BCUT2D eigenvalue weighted by atomic mass is 10.1. The molecule has 0 fully saturated rings. The Morgan fingerprint density at radius 3 is 2.93 bits per heavy atom. The van der Waals surface area contributed by atoms with Gasteiger partial charge < -0.3 is 5.32 Å². The molecule has 0 saturated carbocycles. The van der Waals surface area contributed by atoms with E-state index in [0.717, 1.165) is 10.0 Å². The summed E-state index contributed by atoms with van der Waals surface area (Å²) >= 11 is 3.37. The van der Waals surface area contributed by atoms with Crippen molar-refractivity contribution in [3.63, 3.8) is 0 Å². The van der Waals surface area contributed by atoms with Gasteiger partial charge in [-0.3, -0.25) is 4.79 Å². The Bertz CT molecular complexity index is 410. The number of benzene rings is 1. The largest absolute Gasteiger partial charge is 0.351 e. The fourth-order valence-corrected chi connectivity index (χ4v) is 1.37. The maximum Gasteiger partial charge on any atom is 0.251 e. The smallest absolute Gasteiger partial charge is 0.251 e. The van der Waals surface area contributed by atoms with Gasteiger partial charge >= 0.3 is 0 Å². The first-order valence-electron chi connectivity index (χ1n) is 4.56. The molecule has 3 nitrogen and oxygen atoms in total. The zero-order valence-corrected chi connectivity index (χ0v) is 9.97. The number of aryl methyl sites for hydroxylation is 1. The third kappa shape index (κ3) is 3.37. The Balaban J connectivity index is 2.67. The molecule has 0 bridgehead atoms. The molecule has 1 N–H and O–H groups in total. The van der Waals surface area contributed by atoms with Gasteiger partial charge in [-0.2, -0.15) is 5.26 Å². The third-order valence-electron chi connectivity index (χ3n) is 1.94. The third-order valence-corrected chi connectivity index (χ3v) is 2.83. The van der Waals surface area contributed by atoms with Crippen LogP contribution in [0.2, 0.25) is 0 Å². The van der Waals surface area contributed by atoms with Crippen LogP contribution in [0.3, 0.4) is 0 Å². The lowest BCUT2D eigenvalue weighted by Crippen LogP contribution is -2.24. The van der Waals surface area contributed by atoms with Crippen LogP contribution in [0.5, 0.6) is 0 Å². The van der Waals surface area contributed by atoms with E-state index in [0.29, 0.717) is 18.5 Å². The molecule has 0 saturated heterocycles. The van der Waals surface area contributed by atoms with Gasteiger partial charge in [-0.25, -0.2) is 0 Å². The van der Waals surface area contributed by atoms with Crippen LogP contribution in [0.4, 0.5) is 0 Å². The SMILES string of the molecule is Cc1cc(C(=O)NCCC#N)ccc1Br. The molecule has 1 aromatic carbocycles. The highest BCUT2D eigenvalue weighted by atomic mass is 79.9. The second-order valence-corrected chi connectivity index (χ2v) is 3.98. The molecule has 0 spiro atoms. The average molecular weight is 267 g/mol. The monoisotopic (exact) mass is 266 g/mol. The average Bonchev–Trinajstić information content (AvgIpc) is 2.22. The molecule has 0 aliphatic heterocycles. The van der Waals surface area contributed by atoms with E-state index in [4.69, 9.17) is 5.26 Å². The van der Waals surface area contributed by atoms with Crippen LogP contribution in [-0.4, -0.2) is 12.5 Å². The van der Waals surface area contributed by atoms with Crippen molar-refractivity contribution in [2.45, 2.75) is 13.3 Å². The molecule has 4 heteroatoms. The van der Waals surface area contributed by atoms with Crippen LogP contribution < -0.4 is 5.32 Å². The molecule has 78 valence electrons. The summed E-state index contributed by atoms with van der Waals surface area (Å²) < 4.78 is 0.982. The number of amides is 1. The van der Waals surface area contributed by atoms with Gasteiger partial charge in [-0.05, 0) is 30.7 Å². The van der Waals surface area contributed by atoms with Crippen molar-refractivity contribution in [2.24, 2.45) is 0 Å². The molecule has 0 atom stereocenters. The van der Waals surface area contributed by atoms with E-state index >= 15 is 0 Å². The Morgan fingerprint density at radius 1 is 1.60 bits per heavy atom. The summed E-state index contributed by atoms with van der Waals surface area (Å²) in [6, 6.07) is 7.37. The van der Waals surface area contributed by atoms with Crippen molar-refractivity contribution in [1.29, 1.82) is 5.26 Å². The maximum atomic E-state index is 11.5. The number of hydrogen-bond donors (Lipinski definition) is 1. The predicted octanol–water partition coefficient (Wildman–Crippen LogP) is 2.40. The zero-order valence-electron chi connectivity index (χ0n) is 8.38. The molecule has 1 aromatic rings. The highest BCUT2D eigenvalue weighted by Crippen LogP contribution is 2.16. The number of rotatable bonds is 3. The highest BCUT2D eigenvalue weighted by Gasteiger charge is 2.05. The van der Waals surface area contributed by atoms with E-state index in [1.165, 1.54) is 0 Å². The molecular formula is C11H11BrN2O. The van der Waals surface area contributed by atoms with E-state index in [1.807, 2.05) is 25.1 Å². The van der Waals surface area contributed by atoms with Crippen molar-refractivity contribution in [3.8, 4) is 6.07 Å². The first-order chi connectivity index (χ1) is 7.15. The van der Waals surface area contributed by atoms with Crippen molar-refractivity contribution in [2.75, 3.05) is 6.54 Å². The van der Waals surface area contributed by atoms with Crippen LogP contribution in [0.1, 0.15) is 22.3 Å². The van der Waals surface area contributed by atoms with Crippen molar-refractivity contribution in [1.82, 2.24) is 5.32 Å². The minimum atomic E-state index is -0.138. The second-order valence-electron chi connectivity index (χ2n) is 3.13. The first kappa shape index (κ1) is 11.7. The van der Waals surface area contributed by atoms with E-state index in [1.54, 1.807) is 6.07 Å². The number of nitriles is 1. The Labute approximate surface area is 97.2 Å². The molecule has 0 heterocycles. The quantitative estimate of drug-likeness (QED) is 0.855. The number of nitrogens with one attached hydrogen (secondary N) is 1. The summed E-state index contributed by atoms with van der Waals surface area (Å²) in [5.41, 5.74) is 1.64. The number of carbonyl (C=O) groups excluding carboxylic acids is 1. The molecule has 0 aliphatic rings. The highest BCUT2D eigenvalue weighted by molar-refractivity contribution is 9.10. The molecule has 1 rings (SSSR count). The topological polar surface area (TPSA) is 52.9 Å². The molecular weight excluding hydrogens is 256 g/mol. The van der Waals surface area contributed by atoms with Crippen LogP contribution in [-0.2, 0) is 0 Å². The Kier molecular flexibility index (Phi) is 4.32. The molecule has 15 heavy (non-hydrogen) atoms. The summed E-state index contributed by atoms with van der Waals surface area (Å²) in [6.45, 7) is 2.32. The standard InChI is InChI=1S/C11H11BrN2O/c1-8-7-9(3-4-10(8)12)11(15)14-6-2-5-13/h3-4,7H,2,6H2,1H3,(H,14,15). The van der Waals surface area contributed by atoms with Crippen molar-refractivity contribution >= 4 is 21.8 Å². The van der Waals surface area contributed by atoms with Crippen molar-refractivity contribution in [3.05, 3.63) is 33.8 Å². The number of nitrogens with zero attached hydrogens (tertiary/aromatic N) is 1. The summed E-state index contributed by atoms with van der Waals surface area (Å²) in [5, 5.41) is 11.0. The van der Waals surface area contributed by atoms with Gasteiger partial charge in [0.15, 0.2) is 0 Å². The van der Waals surface area contributed by atoms with Gasteiger partial charge in [0.05, 0.1) is 12.5 Å². The van der Waals surface area contributed by atoms with E-state index in [-0.39, 0.29) is 5.91 Å². The van der Waals surface area contributed by atoms with E-state index < -0.39 is 0 Å². The Morgan fingerprint density at radius 2 is 2.33 bits per heavy atom. The van der Waals surface area contributed by atoms with E-state index in [9.17, 15) is 4.79 Å². The molecule has 0 unspecified atom stereocenters. The fraction of sp³-hybridized carbons (Fsp3) is 0.273. The van der Waals surface area contributed by atoms with Gasteiger partial charge in [0, 0.05) is 16.6 Å². The molecule has 1 amide bonds. The number of carbonyl (C=O) groups is 1. The number of hydrogen-bond acceptors (Lipinski definition) is 2. The first-order valence-corrected chi connectivity index (χ1v) is 5.35. The van der Waals surface area contributed by atoms with Crippen LogP contribution in [0.15, 0.2) is 22.7 Å². The number of halogens is 1.